The molecule has 6 heteroatoms. The molecule has 30 heavy (non-hydrogen) atoms. The van der Waals surface area contributed by atoms with Gasteiger partial charge in [-0.3, -0.25) is 0 Å². The van der Waals surface area contributed by atoms with Crippen molar-refractivity contribution in [3.63, 3.8) is 0 Å². The second-order valence-corrected chi connectivity index (χ2v) is 9.66. The lowest BCUT2D eigenvalue weighted by Gasteiger charge is -2.45. The third kappa shape index (κ3) is 10.9. The van der Waals surface area contributed by atoms with E-state index in [0.29, 0.717) is 6.54 Å². The Morgan fingerprint density at radius 3 is 1.57 bits per heavy atom. The summed E-state index contributed by atoms with van der Waals surface area (Å²) in [6.45, 7) is 5.89. The second kappa shape index (κ2) is 15.5. The molecule has 0 bridgehead atoms. The first-order chi connectivity index (χ1) is 14.3. The lowest BCUT2D eigenvalue weighted by molar-refractivity contribution is -0.281. The van der Waals surface area contributed by atoms with Crippen LogP contribution in [0.5, 0.6) is 0 Å². The molecule has 0 aromatic rings. The number of aliphatic hydroxyl groups is 4. The molecule has 0 aliphatic carbocycles. The van der Waals surface area contributed by atoms with Crippen molar-refractivity contribution in [1.29, 1.82) is 0 Å². The van der Waals surface area contributed by atoms with Crippen LogP contribution in [0.25, 0.3) is 0 Å². The summed E-state index contributed by atoms with van der Waals surface area (Å²) in [5, 5.41) is 43.8. The molecular weight excluding hydrogens is 382 g/mol. The van der Waals surface area contributed by atoms with Crippen molar-refractivity contribution in [2.75, 3.05) is 6.54 Å². The maximum atomic E-state index is 10.3. The number of nitrogens with one attached hydrogen (secondary N) is 1. The zero-order valence-corrected chi connectivity index (χ0v) is 19.7. The average Bonchev–Trinajstić information content (AvgIpc) is 2.69. The third-order valence-electron chi connectivity index (χ3n) is 6.23. The number of hydrogen-bond acceptors (Lipinski definition) is 6. The average molecular weight is 432 g/mol. The van der Waals surface area contributed by atoms with Crippen LogP contribution in [0.15, 0.2) is 0 Å². The molecule has 5 N–H and O–H groups in total. The Morgan fingerprint density at radius 2 is 1.13 bits per heavy atom. The Kier molecular flexibility index (Phi) is 14.4. The lowest BCUT2D eigenvalue weighted by atomic mass is 9.88. The molecule has 0 amide bonds. The summed E-state index contributed by atoms with van der Waals surface area (Å²) >= 11 is 0. The summed E-state index contributed by atoms with van der Waals surface area (Å²) in [7, 11) is 0. The van der Waals surface area contributed by atoms with Gasteiger partial charge in [-0.15, -0.1) is 0 Å². The quantitative estimate of drug-likeness (QED) is 0.225. The highest BCUT2D eigenvalue weighted by molar-refractivity contribution is 4.98. The van der Waals surface area contributed by atoms with E-state index >= 15 is 0 Å². The Labute approximate surface area is 184 Å². The molecule has 1 aliphatic heterocycles. The first-order valence-corrected chi connectivity index (χ1v) is 12.4. The molecular formula is C24H49NO5. The maximum absolute atomic E-state index is 10.3. The van der Waals surface area contributed by atoms with Gasteiger partial charge in [0.25, 0.3) is 0 Å². The fraction of sp³-hybridized carbons (Fsp3) is 1.00. The largest absolute Gasteiger partial charge is 0.388 e. The van der Waals surface area contributed by atoms with Crippen molar-refractivity contribution in [3.8, 4) is 0 Å². The first kappa shape index (κ1) is 27.8. The van der Waals surface area contributed by atoms with Gasteiger partial charge in [-0.25, -0.2) is 0 Å². The molecule has 1 heterocycles. The van der Waals surface area contributed by atoms with E-state index in [1.165, 1.54) is 90.9 Å². The molecule has 1 fully saturated rings. The van der Waals surface area contributed by atoms with Crippen LogP contribution in [0.1, 0.15) is 111 Å². The molecule has 0 spiro atoms. The smallest absolute Gasteiger partial charge is 0.173 e. The minimum atomic E-state index is -1.35. The second-order valence-electron chi connectivity index (χ2n) is 9.66. The number of aliphatic hydroxyl groups excluding tert-OH is 3. The van der Waals surface area contributed by atoms with Crippen molar-refractivity contribution < 1.29 is 25.2 Å². The van der Waals surface area contributed by atoms with E-state index in [0.717, 1.165) is 12.8 Å². The standard InChI is InChI=1S/C24H49NO5/c1-4-5-6-7-8-9-10-11-12-13-14-15-16-17-18-25-19-20(26)21(27)22(24(2,3)29)30-23(19)28/h19-23,25-29H,4-18H2,1-3H3/t19-,20+,21-,22-,23?/m0/s1. The van der Waals surface area contributed by atoms with Gasteiger partial charge in [0.05, 0.1) is 11.6 Å². The predicted molar refractivity (Wildman–Crippen MR) is 121 cm³/mol. The van der Waals surface area contributed by atoms with E-state index in [-0.39, 0.29) is 0 Å². The van der Waals surface area contributed by atoms with E-state index in [9.17, 15) is 20.4 Å². The highest BCUT2D eigenvalue weighted by Gasteiger charge is 2.48. The van der Waals surface area contributed by atoms with Crippen molar-refractivity contribution in [3.05, 3.63) is 0 Å². The molecule has 180 valence electrons. The molecule has 6 nitrogen and oxygen atoms in total. The SMILES string of the molecule is CCCCCCCCCCCCCCCCN[C@@H]1C(O)O[C@H](C(C)(C)O)[C@@H](O)[C@@H]1O. The van der Waals surface area contributed by atoms with E-state index in [2.05, 4.69) is 12.2 Å². The fourth-order valence-corrected chi connectivity index (χ4v) is 4.27. The van der Waals surface area contributed by atoms with Crippen LogP contribution < -0.4 is 5.32 Å². The monoisotopic (exact) mass is 431 g/mol. The molecule has 1 rings (SSSR count). The topological polar surface area (TPSA) is 102 Å². The highest BCUT2D eigenvalue weighted by Crippen LogP contribution is 2.27. The van der Waals surface area contributed by atoms with Gasteiger partial charge in [-0.05, 0) is 26.8 Å². The Balaban J connectivity index is 1.99. The van der Waals surface area contributed by atoms with Crippen LogP contribution >= 0.6 is 0 Å². The van der Waals surface area contributed by atoms with Gasteiger partial charge in [0.15, 0.2) is 6.29 Å². The molecule has 0 aromatic carbocycles. The first-order valence-electron chi connectivity index (χ1n) is 12.4. The van der Waals surface area contributed by atoms with E-state index in [1.807, 2.05) is 0 Å². The summed E-state index contributed by atoms with van der Waals surface area (Å²) in [5.41, 5.74) is -1.35. The van der Waals surface area contributed by atoms with Gasteiger partial charge in [-0.1, -0.05) is 90.4 Å². The van der Waals surface area contributed by atoms with Crippen molar-refractivity contribution in [2.45, 2.75) is 147 Å². The predicted octanol–water partition coefficient (Wildman–Crippen LogP) is 3.64. The minimum Gasteiger partial charge on any atom is -0.388 e. The lowest BCUT2D eigenvalue weighted by Crippen LogP contribution is -2.66. The van der Waals surface area contributed by atoms with Crippen molar-refractivity contribution in [2.24, 2.45) is 0 Å². The van der Waals surface area contributed by atoms with Crippen LogP contribution in [-0.4, -0.2) is 63.2 Å². The summed E-state index contributed by atoms with van der Waals surface area (Å²) in [6.07, 6.45) is 13.5. The number of hydrogen-bond donors (Lipinski definition) is 5. The Morgan fingerprint density at radius 1 is 0.700 bits per heavy atom. The number of rotatable bonds is 17. The van der Waals surface area contributed by atoms with E-state index in [1.54, 1.807) is 0 Å². The van der Waals surface area contributed by atoms with Crippen LogP contribution in [0.2, 0.25) is 0 Å². The molecule has 5 atom stereocenters. The van der Waals surface area contributed by atoms with Gasteiger partial charge in [0.1, 0.15) is 18.3 Å². The van der Waals surface area contributed by atoms with Crippen LogP contribution in [0.3, 0.4) is 0 Å². The van der Waals surface area contributed by atoms with Crippen LogP contribution in [-0.2, 0) is 4.74 Å². The fourth-order valence-electron chi connectivity index (χ4n) is 4.27. The molecule has 1 unspecified atom stereocenters. The molecule has 0 aromatic heterocycles. The molecule has 1 saturated heterocycles. The van der Waals surface area contributed by atoms with Gasteiger partial charge in [0.2, 0.25) is 0 Å². The summed E-state index contributed by atoms with van der Waals surface area (Å²) in [6, 6.07) is -0.749. The van der Waals surface area contributed by atoms with Gasteiger partial charge in [0, 0.05) is 0 Å². The highest BCUT2D eigenvalue weighted by atomic mass is 16.6. The normalized spacial score (nSPS) is 27.5. The van der Waals surface area contributed by atoms with E-state index < -0.39 is 36.2 Å². The van der Waals surface area contributed by atoms with E-state index in [4.69, 9.17) is 4.74 Å². The van der Waals surface area contributed by atoms with Crippen molar-refractivity contribution in [1.82, 2.24) is 5.32 Å². The zero-order chi connectivity index (χ0) is 22.4. The van der Waals surface area contributed by atoms with Crippen LogP contribution in [0.4, 0.5) is 0 Å². The Hall–Kier alpha value is -0.240. The maximum Gasteiger partial charge on any atom is 0.173 e. The van der Waals surface area contributed by atoms with Crippen LogP contribution in [0, 0.1) is 0 Å². The number of ether oxygens (including phenoxy) is 1. The summed E-state index contributed by atoms with van der Waals surface area (Å²) < 4.78 is 5.35. The molecule has 0 saturated carbocycles. The Bertz CT molecular complexity index is 415. The minimum absolute atomic E-state index is 0.653. The molecule has 1 aliphatic rings. The number of unbranched alkanes of at least 4 members (excludes halogenated alkanes) is 13. The summed E-state index contributed by atoms with van der Waals surface area (Å²) in [4.78, 5) is 0. The van der Waals surface area contributed by atoms with Crippen molar-refractivity contribution >= 4 is 0 Å². The van der Waals surface area contributed by atoms with Gasteiger partial charge >= 0.3 is 0 Å². The zero-order valence-electron chi connectivity index (χ0n) is 19.7. The third-order valence-corrected chi connectivity index (χ3v) is 6.23. The van der Waals surface area contributed by atoms with Gasteiger partial charge in [-0.2, -0.15) is 0 Å². The summed E-state index contributed by atoms with van der Waals surface area (Å²) in [5.74, 6) is 0. The molecule has 0 radical (unpaired) electrons. The van der Waals surface area contributed by atoms with Gasteiger partial charge < -0.3 is 30.5 Å².